The number of hydrogen-bond donors (Lipinski definition) is 1. The molecule has 0 aromatic heterocycles. The number of nitrogens with one attached hydrogen (secondary N) is 1. The molecular weight excluding hydrogens is 344 g/mol. The van der Waals surface area contributed by atoms with Crippen LogP contribution < -0.4 is 10.1 Å². The van der Waals surface area contributed by atoms with Gasteiger partial charge < -0.3 is 10.1 Å². The van der Waals surface area contributed by atoms with Crippen LogP contribution in [0.3, 0.4) is 0 Å². The van der Waals surface area contributed by atoms with Crippen molar-refractivity contribution in [1.29, 1.82) is 0 Å². The molecule has 2 unspecified atom stereocenters. The molecule has 1 amide bonds. The molecule has 0 bridgehead atoms. The van der Waals surface area contributed by atoms with Crippen molar-refractivity contribution in [3.63, 3.8) is 0 Å². The lowest BCUT2D eigenvalue weighted by Crippen LogP contribution is -2.39. The third-order valence-electron chi connectivity index (χ3n) is 3.70. The standard InChI is InChI=1S/C19H21F2NO2S/c1-12(11-16-17(20)5-4-6-18(16)21)22-19(23)13(2)25-15-9-7-14(24-3)8-10-15/h4-10,12-13H,11H2,1-3H3,(H,22,23). The molecule has 0 aliphatic heterocycles. The van der Waals surface area contributed by atoms with Gasteiger partial charge in [0.1, 0.15) is 17.4 Å². The molecule has 0 saturated carbocycles. The summed E-state index contributed by atoms with van der Waals surface area (Å²) in [5.41, 5.74) is -0.00856. The Balaban J connectivity index is 1.91. The molecule has 2 atom stereocenters. The molecule has 0 spiro atoms. The van der Waals surface area contributed by atoms with Gasteiger partial charge in [0.15, 0.2) is 0 Å². The number of amides is 1. The maximum atomic E-state index is 13.7. The monoisotopic (exact) mass is 365 g/mol. The van der Waals surface area contributed by atoms with Crippen molar-refractivity contribution in [1.82, 2.24) is 5.32 Å². The van der Waals surface area contributed by atoms with E-state index in [0.29, 0.717) is 0 Å². The van der Waals surface area contributed by atoms with E-state index in [2.05, 4.69) is 5.32 Å². The average molecular weight is 365 g/mol. The van der Waals surface area contributed by atoms with Gasteiger partial charge in [0, 0.05) is 16.5 Å². The number of carbonyl (C=O) groups excluding carboxylic acids is 1. The second kappa shape index (κ2) is 8.85. The van der Waals surface area contributed by atoms with E-state index in [-0.39, 0.29) is 29.2 Å². The number of methoxy groups -OCH3 is 1. The third kappa shape index (κ3) is 5.46. The summed E-state index contributed by atoms with van der Waals surface area (Å²) in [6.45, 7) is 3.52. The highest BCUT2D eigenvalue weighted by Gasteiger charge is 2.19. The van der Waals surface area contributed by atoms with E-state index in [1.165, 1.54) is 30.0 Å². The summed E-state index contributed by atoms with van der Waals surface area (Å²) in [5.74, 6) is -0.615. The molecule has 0 heterocycles. The summed E-state index contributed by atoms with van der Waals surface area (Å²) in [7, 11) is 1.60. The van der Waals surface area contributed by atoms with Gasteiger partial charge in [0.2, 0.25) is 5.91 Å². The van der Waals surface area contributed by atoms with Crippen LogP contribution >= 0.6 is 11.8 Å². The van der Waals surface area contributed by atoms with E-state index in [1.54, 1.807) is 21.0 Å². The van der Waals surface area contributed by atoms with Crippen LogP contribution in [0.15, 0.2) is 47.4 Å². The molecule has 0 aliphatic rings. The molecule has 0 aliphatic carbocycles. The van der Waals surface area contributed by atoms with Gasteiger partial charge in [-0.3, -0.25) is 4.79 Å². The van der Waals surface area contributed by atoms with Crippen molar-refractivity contribution in [3.8, 4) is 5.75 Å². The minimum absolute atomic E-state index is 0.00856. The molecule has 2 rings (SSSR count). The van der Waals surface area contributed by atoms with Crippen molar-refractivity contribution in [3.05, 3.63) is 59.7 Å². The largest absolute Gasteiger partial charge is 0.497 e. The van der Waals surface area contributed by atoms with E-state index in [4.69, 9.17) is 4.74 Å². The highest BCUT2D eigenvalue weighted by molar-refractivity contribution is 8.00. The minimum atomic E-state index is -0.596. The van der Waals surface area contributed by atoms with E-state index < -0.39 is 11.6 Å². The van der Waals surface area contributed by atoms with E-state index >= 15 is 0 Å². The number of thioether (sulfide) groups is 1. The molecule has 3 nitrogen and oxygen atoms in total. The summed E-state index contributed by atoms with van der Waals surface area (Å²) >= 11 is 1.41. The van der Waals surface area contributed by atoms with Crippen LogP contribution in [-0.2, 0) is 11.2 Å². The number of hydrogen-bond acceptors (Lipinski definition) is 3. The van der Waals surface area contributed by atoms with Crippen molar-refractivity contribution < 1.29 is 18.3 Å². The molecule has 6 heteroatoms. The van der Waals surface area contributed by atoms with Crippen LogP contribution in [0.1, 0.15) is 19.4 Å². The fraction of sp³-hybridized carbons (Fsp3) is 0.316. The zero-order valence-corrected chi connectivity index (χ0v) is 15.2. The second-order valence-electron chi connectivity index (χ2n) is 5.75. The van der Waals surface area contributed by atoms with Crippen LogP contribution in [-0.4, -0.2) is 24.3 Å². The predicted molar refractivity (Wildman–Crippen MR) is 96.0 cm³/mol. The summed E-state index contributed by atoms with van der Waals surface area (Å²) in [6, 6.07) is 10.8. The lowest BCUT2D eigenvalue weighted by atomic mass is 10.1. The van der Waals surface area contributed by atoms with Crippen LogP contribution in [0.4, 0.5) is 8.78 Å². The Morgan fingerprint density at radius 1 is 1.12 bits per heavy atom. The summed E-state index contributed by atoms with van der Waals surface area (Å²) in [5, 5.41) is 2.48. The average Bonchev–Trinajstić information content (AvgIpc) is 2.59. The van der Waals surface area contributed by atoms with Crippen LogP contribution in [0.5, 0.6) is 5.75 Å². The number of benzene rings is 2. The van der Waals surface area contributed by atoms with Crippen LogP contribution in [0.25, 0.3) is 0 Å². The minimum Gasteiger partial charge on any atom is -0.497 e. The Morgan fingerprint density at radius 3 is 2.28 bits per heavy atom. The van der Waals surface area contributed by atoms with Crippen LogP contribution in [0.2, 0.25) is 0 Å². The lowest BCUT2D eigenvalue weighted by molar-refractivity contribution is -0.120. The molecule has 2 aromatic rings. The summed E-state index contributed by atoms with van der Waals surface area (Å²) < 4.78 is 32.5. The maximum Gasteiger partial charge on any atom is 0.233 e. The maximum absolute atomic E-state index is 13.7. The molecule has 2 aromatic carbocycles. The Hall–Kier alpha value is -2.08. The fourth-order valence-corrected chi connectivity index (χ4v) is 3.23. The normalized spacial score (nSPS) is 13.2. The summed E-state index contributed by atoms with van der Waals surface area (Å²) in [6.07, 6.45) is 0.101. The van der Waals surface area contributed by atoms with Gasteiger partial charge in [0.05, 0.1) is 12.4 Å². The van der Waals surface area contributed by atoms with Crippen molar-refractivity contribution in [2.75, 3.05) is 7.11 Å². The van der Waals surface area contributed by atoms with E-state index in [0.717, 1.165) is 10.6 Å². The van der Waals surface area contributed by atoms with Gasteiger partial charge in [-0.1, -0.05) is 6.07 Å². The SMILES string of the molecule is COc1ccc(SC(C)C(=O)NC(C)Cc2c(F)cccc2F)cc1. The van der Waals surface area contributed by atoms with Crippen molar-refractivity contribution in [2.24, 2.45) is 0 Å². The third-order valence-corrected chi connectivity index (χ3v) is 4.81. The molecular formula is C19H21F2NO2S. The number of rotatable bonds is 7. The Labute approximate surface area is 150 Å². The Kier molecular flexibility index (Phi) is 6.82. The zero-order chi connectivity index (χ0) is 18.4. The number of halogens is 2. The van der Waals surface area contributed by atoms with Gasteiger partial charge >= 0.3 is 0 Å². The fourth-order valence-electron chi connectivity index (χ4n) is 2.36. The zero-order valence-electron chi connectivity index (χ0n) is 14.4. The lowest BCUT2D eigenvalue weighted by Gasteiger charge is -2.18. The molecule has 0 saturated heterocycles. The number of carbonyl (C=O) groups is 1. The van der Waals surface area contributed by atoms with Crippen molar-refractivity contribution >= 4 is 17.7 Å². The smallest absolute Gasteiger partial charge is 0.233 e. The van der Waals surface area contributed by atoms with Gasteiger partial charge in [-0.15, -0.1) is 11.8 Å². The second-order valence-corrected chi connectivity index (χ2v) is 7.16. The van der Waals surface area contributed by atoms with Crippen molar-refractivity contribution in [2.45, 2.75) is 36.5 Å². The summed E-state index contributed by atoms with van der Waals surface area (Å²) in [4.78, 5) is 13.2. The first-order chi connectivity index (χ1) is 11.9. The number of ether oxygens (including phenoxy) is 1. The quantitative estimate of drug-likeness (QED) is 0.748. The Bertz CT molecular complexity index is 702. The van der Waals surface area contributed by atoms with Gasteiger partial charge in [-0.25, -0.2) is 8.78 Å². The van der Waals surface area contributed by atoms with Gasteiger partial charge in [0.25, 0.3) is 0 Å². The first kappa shape index (κ1) is 19.2. The topological polar surface area (TPSA) is 38.3 Å². The Morgan fingerprint density at radius 2 is 1.72 bits per heavy atom. The molecule has 0 fully saturated rings. The van der Waals surface area contributed by atoms with Gasteiger partial charge in [-0.2, -0.15) is 0 Å². The highest BCUT2D eigenvalue weighted by atomic mass is 32.2. The predicted octanol–water partition coefficient (Wildman–Crippen LogP) is 4.20. The van der Waals surface area contributed by atoms with E-state index in [9.17, 15) is 13.6 Å². The van der Waals surface area contributed by atoms with Crippen LogP contribution in [0, 0.1) is 11.6 Å². The first-order valence-electron chi connectivity index (χ1n) is 7.94. The molecule has 1 N–H and O–H groups in total. The first-order valence-corrected chi connectivity index (χ1v) is 8.82. The van der Waals surface area contributed by atoms with E-state index in [1.807, 2.05) is 24.3 Å². The molecule has 0 radical (unpaired) electrons. The molecule has 25 heavy (non-hydrogen) atoms. The molecule has 134 valence electrons. The highest BCUT2D eigenvalue weighted by Crippen LogP contribution is 2.25. The van der Waals surface area contributed by atoms with Gasteiger partial charge in [-0.05, 0) is 56.7 Å².